The first-order valence-electron chi connectivity index (χ1n) is 14.1. The molecule has 192 valence electrons. The number of amides is 1. The molecule has 1 N–H and O–H groups in total. The van der Waals surface area contributed by atoms with Gasteiger partial charge in [0.1, 0.15) is 6.10 Å². The predicted molar refractivity (Wildman–Crippen MR) is 153 cm³/mol. The van der Waals surface area contributed by atoms with E-state index in [-0.39, 0.29) is 18.0 Å². The molecule has 0 spiro atoms. The van der Waals surface area contributed by atoms with E-state index in [1.807, 2.05) is 4.90 Å². The smallest absolute Gasteiger partial charge is 0.252 e. The van der Waals surface area contributed by atoms with Gasteiger partial charge >= 0.3 is 0 Å². The maximum atomic E-state index is 13.9. The Kier molecular flexibility index (Phi) is 8.21. The zero-order valence-corrected chi connectivity index (χ0v) is 22.0. The fourth-order valence-corrected chi connectivity index (χ4v) is 6.02. The van der Waals surface area contributed by atoms with Crippen LogP contribution in [0.15, 0.2) is 84.9 Å². The third-order valence-electron chi connectivity index (χ3n) is 8.07. The Morgan fingerprint density at radius 3 is 1.76 bits per heavy atom. The molecule has 0 unspecified atom stereocenters. The molecule has 3 atom stereocenters. The van der Waals surface area contributed by atoms with Gasteiger partial charge in [0.15, 0.2) is 0 Å². The Bertz CT molecular complexity index is 1260. The van der Waals surface area contributed by atoms with Gasteiger partial charge in [-0.15, -0.1) is 0 Å². The van der Waals surface area contributed by atoms with Gasteiger partial charge in [-0.3, -0.25) is 4.79 Å². The SMILES string of the molecule is CCCCCCCC[C@@H](O)C(=O)N1[C@H](c2ccc3ccccc3c2)CC[C@H]1c1ccc2ccccc2c1. The van der Waals surface area contributed by atoms with Gasteiger partial charge in [0.2, 0.25) is 0 Å². The lowest BCUT2D eigenvalue weighted by Gasteiger charge is -2.33. The molecule has 1 saturated heterocycles. The summed E-state index contributed by atoms with van der Waals surface area (Å²) < 4.78 is 0. The molecule has 4 aromatic carbocycles. The minimum atomic E-state index is -0.949. The van der Waals surface area contributed by atoms with Crippen LogP contribution in [0.25, 0.3) is 21.5 Å². The number of nitrogens with zero attached hydrogens (tertiary/aromatic N) is 1. The highest BCUT2D eigenvalue weighted by molar-refractivity contribution is 5.86. The van der Waals surface area contributed by atoms with E-state index in [4.69, 9.17) is 0 Å². The highest BCUT2D eigenvalue weighted by Crippen LogP contribution is 2.45. The van der Waals surface area contributed by atoms with Gasteiger partial charge in [-0.05, 0) is 64.1 Å². The maximum absolute atomic E-state index is 13.9. The van der Waals surface area contributed by atoms with Crippen molar-refractivity contribution in [2.24, 2.45) is 0 Å². The summed E-state index contributed by atoms with van der Waals surface area (Å²) in [7, 11) is 0. The summed E-state index contributed by atoms with van der Waals surface area (Å²) in [6.07, 6.45) is 8.25. The van der Waals surface area contributed by atoms with Crippen molar-refractivity contribution in [3.63, 3.8) is 0 Å². The van der Waals surface area contributed by atoms with Crippen LogP contribution in [0.5, 0.6) is 0 Å². The first-order valence-corrected chi connectivity index (χ1v) is 14.1. The molecule has 3 heteroatoms. The average Bonchev–Trinajstić information content (AvgIpc) is 3.39. The molecule has 1 amide bonds. The van der Waals surface area contributed by atoms with Gasteiger partial charge in [-0.2, -0.15) is 0 Å². The average molecular weight is 494 g/mol. The number of aliphatic hydroxyl groups excluding tert-OH is 1. The molecular weight excluding hydrogens is 454 g/mol. The predicted octanol–water partition coefficient (Wildman–Crippen LogP) is 8.51. The largest absolute Gasteiger partial charge is 0.383 e. The number of benzene rings is 4. The summed E-state index contributed by atoms with van der Waals surface area (Å²) >= 11 is 0. The normalized spacial score (nSPS) is 18.5. The number of aliphatic hydroxyl groups is 1. The molecule has 1 fully saturated rings. The number of hydrogen-bond acceptors (Lipinski definition) is 2. The zero-order chi connectivity index (χ0) is 25.6. The molecule has 0 saturated carbocycles. The Hall–Kier alpha value is -3.17. The van der Waals surface area contributed by atoms with Crippen molar-refractivity contribution in [3.8, 4) is 0 Å². The van der Waals surface area contributed by atoms with E-state index in [0.29, 0.717) is 6.42 Å². The van der Waals surface area contributed by atoms with Gasteiger partial charge in [-0.1, -0.05) is 118 Å². The molecular formula is C34H39NO2. The van der Waals surface area contributed by atoms with Crippen LogP contribution in [-0.2, 0) is 4.79 Å². The summed E-state index contributed by atoms with van der Waals surface area (Å²) in [4.78, 5) is 15.9. The van der Waals surface area contributed by atoms with Crippen LogP contribution in [-0.4, -0.2) is 22.0 Å². The lowest BCUT2D eigenvalue weighted by molar-refractivity contribution is -0.144. The Labute approximate surface area is 221 Å². The molecule has 0 radical (unpaired) electrons. The summed E-state index contributed by atoms with van der Waals surface area (Å²) in [6.45, 7) is 2.22. The first kappa shape index (κ1) is 25.5. The fraction of sp³-hybridized carbons (Fsp3) is 0.382. The summed E-state index contributed by atoms with van der Waals surface area (Å²) in [6, 6.07) is 29.8. The van der Waals surface area contributed by atoms with Crippen LogP contribution in [0.1, 0.15) is 87.9 Å². The third-order valence-corrected chi connectivity index (χ3v) is 8.07. The van der Waals surface area contributed by atoms with Crippen molar-refractivity contribution in [1.82, 2.24) is 4.90 Å². The Balaban J connectivity index is 1.41. The second-order valence-corrected chi connectivity index (χ2v) is 10.6. The third kappa shape index (κ3) is 5.72. The molecule has 1 aliphatic heterocycles. The number of carbonyl (C=O) groups excluding carboxylic acids is 1. The fourth-order valence-electron chi connectivity index (χ4n) is 6.02. The van der Waals surface area contributed by atoms with Gasteiger partial charge in [0.25, 0.3) is 5.91 Å². The van der Waals surface area contributed by atoms with Gasteiger partial charge < -0.3 is 10.0 Å². The quantitative estimate of drug-likeness (QED) is 0.225. The van der Waals surface area contributed by atoms with Gasteiger partial charge in [-0.25, -0.2) is 0 Å². The van der Waals surface area contributed by atoms with Crippen LogP contribution in [0.4, 0.5) is 0 Å². The standard InChI is InChI=1S/C34H39NO2/c1-2-3-4-5-6-7-16-33(36)34(37)35-31(29-19-17-25-12-8-10-14-27(25)23-29)21-22-32(35)30-20-18-26-13-9-11-15-28(26)24-30/h8-15,17-20,23-24,31-33,36H,2-7,16,21-22H2,1H3/t31-,32-,33+/m0/s1. The lowest BCUT2D eigenvalue weighted by Crippen LogP contribution is -2.40. The first-order chi connectivity index (χ1) is 18.2. The van der Waals surface area contributed by atoms with Crippen molar-refractivity contribution in [3.05, 3.63) is 96.1 Å². The molecule has 0 aliphatic carbocycles. The van der Waals surface area contributed by atoms with Gasteiger partial charge in [0, 0.05) is 0 Å². The van der Waals surface area contributed by atoms with Crippen molar-refractivity contribution in [2.75, 3.05) is 0 Å². The number of hydrogen-bond donors (Lipinski definition) is 1. The molecule has 5 rings (SSSR count). The second kappa shape index (κ2) is 11.9. The lowest BCUT2D eigenvalue weighted by atomic mass is 9.99. The minimum absolute atomic E-state index is 0.0345. The highest BCUT2D eigenvalue weighted by atomic mass is 16.3. The van der Waals surface area contributed by atoms with Crippen molar-refractivity contribution < 1.29 is 9.90 Å². The summed E-state index contributed by atoms with van der Waals surface area (Å²) in [5.74, 6) is -0.123. The second-order valence-electron chi connectivity index (χ2n) is 10.6. The number of unbranched alkanes of at least 4 members (excludes halogenated alkanes) is 5. The molecule has 0 aromatic heterocycles. The Morgan fingerprint density at radius 1 is 0.730 bits per heavy atom. The summed E-state index contributed by atoms with van der Waals surface area (Å²) in [5, 5.41) is 15.9. The van der Waals surface area contributed by atoms with E-state index in [0.717, 1.165) is 36.8 Å². The van der Waals surface area contributed by atoms with Crippen LogP contribution in [0.2, 0.25) is 0 Å². The van der Waals surface area contributed by atoms with E-state index in [2.05, 4.69) is 91.9 Å². The number of rotatable bonds is 10. The van der Waals surface area contributed by atoms with E-state index in [1.54, 1.807) is 0 Å². The molecule has 3 nitrogen and oxygen atoms in total. The van der Waals surface area contributed by atoms with Crippen molar-refractivity contribution in [1.29, 1.82) is 0 Å². The topological polar surface area (TPSA) is 40.5 Å². The molecule has 1 aliphatic rings. The number of carbonyl (C=O) groups is 1. The number of fused-ring (bicyclic) bond motifs is 2. The molecule has 0 bridgehead atoms. The van der Waals surface area contributed by atoms with Crippen LogP contribution < -0.4 is 0 Å². The van der Waals surface area contributed by atoms with Crippen molar-refractivity contribution >= 4 is 27.5 Å². The molecule has 4 aromatic rings. The van der Waals surface area contributed by atoms with E-state index < -0.39 is 6.10 Å². The van der Waals surface area contributed by atoms with Crippen molar-refractivity contribution in [2.45, 2.75) is 82.9 Å². The Morgan fingerprint density at radius 2 is 1.22 bits per heavy atom. The highest BCUT2D eigenvalue weighted by Gasteiger charge is 2.40. The van der Waals surface area contributed by atoms with Gasteiger partial charge in [0.05, 0.1) is 12.1 Å². The minimum Gasteiger partial charge on any atom is -0.383 e. The van der Waals surface area contributed by atoms with Crippen LogP contribution in [0.3, 0.4) is 0 Å². The zero-order valence-electron chi connectivity index (χ0n) is 22.0. The molecule has 1 heterocycles. The van der Waals surface area contributed by atoms with E-state index >= 15 is 0 Å². The molecule has 37 heavy (non-hydrogen) atoms. The van der Waals surface area contributed by atoms with Crippen LogP contribution in [0, 0.1) is 0 Å². The summed E-state index contributed by atoms with van der Waals surface area (Å²) in [5.41, 5.74) is 2.31. The van der Waals surface area contributed by atoms with E-state index in [1.165, 1.54) is 47.2 Å². The van der Waals surface area contributed by atoms with Crippen LogP contribution >= 0.6 is 0 Å². The monoisotopic (exact) mass is 493 g/mol. The van der Waals surface area contributed by atoms with E-state index in [9.17, 15) is 9.90 Å². The number of likely N-dealkylation sites (tertiary alicyclic amines) is 1. The maximum Gasteiger partial charge on any atom is 0.252 e.